The normalized spacial score (nSPS) is 34.8. The van der Waals surface area contributed by atoms with Gasteiger partial charge in [0, 0.05) is 0 Å². The van der Waals surface area contributed by atoms with Crippen LogP contribution in [0.1, 0.15) is 12.8 Å². The van der Waals surface area contributed by atoms with E-state index in [2.05, 4.69) is 11.4 Å². The number of hydrogen-bond acceptors (Lipinski definition) is 10. The average molecular weight is 460 g/mol. The predicted octanol–water partition coefficient (Wildman–Crippen LogP) is -2.20. The summed E-state index contributed by atoms with van der Waals surface area (Å²) in [4.78, 5) is 44.4. The maximum absolute atomic E-state index is 11.5. The molecular weight excluding hydrogens is 455 g/mol. The van der Waals surface area contributed by atoms with Gasteiger partial charge in [-0.05, 0) is 0 Å². The van der Waals surface area contributed by atoms with Crippen LogP contribution in [0.3, 0.4) is 0 Å². The van der Waals surface area contributed by atoms with E-state index in [1.165, 1.54) is 0 Å². The second-order valence-corrected chi connectivity index (χ2v) is 9.68. The van der Waals surface area contributed by atoms with Crippen molar-refractivity contribution in [3.05, 3.63) is 10.1 Å². The number of rotatable bonds is 2. The van der Waals surface area contributed by atoms with E-state index in [4.69, 9.17) is 0 Å². The van der Waals surface area contributed by atoms with E-state index in [0.717, 1.165) is 0 Å². The van der Waals surface area contributed by atoms with E-state index in [1.54, 1.807) is 0 Å². The molecular formula is C6H5BiNO10. The third kappa shape index (κ3) is 2.20. The van der Waals surface area contributed by atoms with E-state index in [0.29, 0.717) is 0 Å². The minimum atomic E-state index is -5.81. The van der Waals surface area contributed by atoms with Crippen LogP contribution in [-0.4, -0.2) is 55.7 Å². The van der Waals surface area contributed by atoms with E-state index < -0.39 is 63.5 Å². The average Bonchev–Trinajstić information content (AvgIpc) is 2.24. The molecule has 11 nitrogen and oxygen atoms in total. The molecule has 2 saturated heterocycles. The van der Waals surface area contributed by atoms with Crippen molar-refractivity contribution in [3.63, 3.8) is 0 Å². The Morgan fingerprint density at radius 3 is 2.17 bits per heavy atom. The van der Waals surface area contributed by atoms with Crippen molar-refractivity contribution in [2.45, 2.75) is 18.4 Å². The van der Waals surface area contributed by atoms with E-state index in [-0.39, 0.29) is 0 Å². The number of fused-ring (bicyclic) bond motifs is 3. The molecule has 1 N–H and O–H groups in total. The standard InChI is InChI=1S/C6H8O7.Bi.NO3/c7-3(8)1-6(13,5(11)12)2-4(9)10;;2-1(3)4/h13H,1-2H2,(H,7,8)(H,9,10)(H,11,12);;/q;+4;-1/p-3. The van der Waals surface area contributed by atoms with Gasteiger partial charge in [0.05, 0.1) is 0 Å². The molecule has 2 aliphatic heterocycles. The van der Waals surface area contributed by atoms with Crippen molar-refractivity contribution in [2.24, 2.45) is 0 Å². The molecule has 18 heavy (non-hydrogen) atoms. The Balaban J connectivity index is 2.45. The van der Waals surface area contributed by atoms with Crippen LogP contribution in [-0.2, 0) is 25.7 Å². The van der Waals surface area contributed by atoms with Crippen LogP contribution < -0.4 is 0 Å². The summed E-state index contributed by atoms with van der Waals surface area (Å²) in [6, 6.07) is 0. The molecule has 0 spiro atoms. The molecule has 1 radical (unpaired) electrons. The van der Waals surface area contributed by atoms with Crippen LogP contribution in [0.2, 0.25) is 0 Å². The van der Waals surface area contributed by atoms with Crippen molar-refractivity contribution in [2.75, 3.05) is 0 Å². The van der Waals surface area contributed by atoms with Crippen LogP contribution in [0, 0.1) is 10.1 Å². The fourth-order valence-corrected chi connectivity index (χ4v) is 6.72. The zero-order chi connectivity index (χ0) is 13.6. The molecule has 0 aromatic heterocycles. The van der Waals surface area contributed by atoms with Crippen LogP contribution >= 0.6 is 0 Å². The summed E-state index contributed by atoms with van der Waals surface area (Å²) in [5.74, 6) is -3.74. The van der Waals surface area contributed by atoms with E-state index >= 15 is 0 Å². The van der Waals surface area contributed by atoms with Crippen LogP contribution in [0.15, 0.2) is 0 Å². The molecule has 0 amide bonds. The Hall–Kier alpha value is -1.55. The van der Waals surface area contributed by atoms with Crippen LogP contribution in [0.5, 0.6) is 0 Å². The number of aliphatic hydroxyl groups is 1. The Morgan fingerprint density at radius 2 is 1.72 bits per heavy atom. The predicted molar refractivity (Wildman–Crippen MR) is 46.3 cm³/mol. The maximum atomic E-state index is 11.5. The molecule has 0 aromatic rings. The van der Waals surface area contributed by atoms with Gasteiger partial charge in [-0.3, -0.25) is 0 Å². The van der Waals surface area contributed by atoms with Gasteiger partial charge < -0.3 is 0 Å². The first-order valence-electron chi connectivity index (χ1n) is 4.39. The summed E-state index contributed by atoms with van der Waals surface area (Å²) >= 11 is -5.81. The number of carbonyl (C=O) groups is 3. The summed E-state index contributed by atoms with van der Waals surface area (Å²) in [5, 5.41) is 18.7. The van der Waals surface area contributed by atoms with E-state index in [9.17, 15) is 29.6 Å². The zero-order valence-corrected chi connectivity index (χ0v) is 11.9. The summed E-state index contributed by atoms with van der Waals surface area (Å²) in [6.45, 7) is 0. The zero-order valence-electron chi connectivity index (χ0n) is 8.43. The van der Waals surface area contributed by atoms with Crippen LogP contribution in [0.4, 0.5) is 0 Å². The van der Waals surface area contributed by atoms with Crippen molar-refractivity contribution in [1.82, 2.24) is 0 Å². The summed E-state index contributed by atoms with van der Waals surface area (Å²) in [6.07, 6.45) is -1.72. The van der Waals surface area contributed by atoms with Gasteiger partial charge in [0.15, 0.2) is 0 Å². The quantitative estimate of drug-likeness (QED) is 0.273. The van der Waals surface area contributed by atoms with Gasteiger partial charge in [0.2, 0.25) is 0 Å². The second kappa shape index (κ2) is 3.99. The van der Waals surface area contributed by atoms with E-state index in [1.807, 2.05) is 0 Å². The number of nitrogens with zero attached hydrogens (tertiary/aromatic N) is 1. The SMILES string of the molecule is O=C1CC2(O)CC(=O)[O][Bi]([O][N+](=O)[O-])([O]1)[O]C2=O. The van der Waals surface area contributed by atoms with Crippen molar-refractivity contribution in [1.29, 1.82) is 0 Å². The van der Waals surface area contributed by atoms with Crippen LogP contribution in [0.25, 0.3) is 0 Å². The van der Waals surface area contributed by atoms with Gasteiger partial charge in [0.25, 0.3) is 0 Å². The Bertz CT molecular complexity index is 439. The molecule has 2 fully saturated rings. The van der Waals surface area contributed by atoms with Gasteiger partial charge in [-0.1, -0.05) is 0 Å². The third-order valence-electron chi connectivity index (χ3n) is 2.04. The topological polar surface area (TPSA) is 152 Å². The van der Waals surface area contributed by atoms with Crippen molar-refractivity contribution < 1.29 is 35.9 Å². The summed E-state index contributed by atoms with van der Waals surface area (Å²) in [5.41, 5.74) is -2.44. The monoisotopic (exact) mass is 460 g/mol. The molecule has 2 bridgehead atoms. The number of hydrogen-bond donors (Lipinski definition) is 1. The fourth-order valence-electron chi connectivity index (χ4n) is 1.37. The molecule has 0 saturated carbocycles. The molecule has 2 heterocycles. The Morgan fingerprint density at radius 1 is 1.22 bits per heavy atom. The van der Waals surface area contributed by atoms with Gasteiger partial charge in [-0.2, -0.15) is 0 Å². The first-order valence-corrected chi connectivity index (χ1v) is 10.1. The van der Waals surface area contributed by atoms with Crippen molar-refractivity contribution in [3.8, 4) is 0 Å². The number of carbonyl (C=O) groups excluding carboxylic acids is 3. The van der Waals surface area contributed by atoms with Gasteiger partial charge in [-0.25, -0.2) is 0 Å². The molecule has 2 aliphatic rings. The fraction of sp³-hybridized carbons (Fsp3) is 0.500. The molecule has 12 heteroatoms. The first-order chi connectivity index (χ1) is 8.25. The first kappa shape index (κ1) is 12.9. The summed E-state index contributed by atoms with van der Waals surface area (Å²) < 4.78 is 17.3. The Labute approximate surface area is 105 Å². The molecule has 0 aliphatic carbocycles. The Kier molecular flexibility index (Phi) is 2.86. The second-order valence-electron chi connectivity index (χ2n) is 3.44. The van der Waals surface area contributed by atoms with Gasteiger partial charge >= 0.3 is 104 Å². The molecule has 0 atom stereocenters. The molecule has 0 unspecified atom stereocenters. The molecule has 0 aromatic carbocycles. The summed E-state index contributed by atoms with van der Waals surface area (Å²) in [7, 11) is 0. The van der Waals surface area contributed by atoms with Gasteiger partial charge in [-0.15, -0.1) is 0 Å². The molecule has 99 valence electrons. The van der Waals surface area contributed by atoms with Crippen molar-refractivity contribution >= 4 is 39.9 Å². The minimum absolute atomic E-state index is 0.859. The third-order valence-corrected chi connectivity index (χ3v) is 8.17. The molecule has 2 rings (SSSR count). The van der Waals surface area contributed by atoms with Gasteiger partial charge in [0.1, 0.15) is 0 Å².